The van der Waals surface area contributed by atoms with Crippen molar-refractivity contribution in [2.24, 2.45) is 0 Å². The lowest BCUT2D eigenvalue weighted by molar-refractivity contribution is -0.118. The van der Waals surface area contributed by atoms with Crippen molar-refractivity contribution in [2.75, 3.05) is 12.9 Å². The summed E-state index contributed by atoms with van der Waals surface area (Å²) >= 11 is 1.28. The molecule has 2 heterocycles. The van der Waals surface area contributed by atoms with Crippen LogP contribution in [0.15, 0.2) is 40.3 Å². The fourth-order valence-corrected chi connectivity index (χ4v) is 3.92. The van der Waals surface area contributed by atoms with Gasteiger partial charge in [-0.25, -0.2) is 4.98 Å². The van der Waals surface area contributed by atoms with Gasteiger partial charge in [0.15, 0.2) is 5.16 Å². The molecule has 2 N–H and O–H groups in total. The summed E-state index contributed by atoms with van der Waals surface area (Å²) in [6, 6.07) is 9.39. The van der Waals surface area contributed by atoms with Crippen molar-refractivity contribution in [2.45, 2.75) is 44.9 Å². The van der Waals surface area contributed by atoms with Crippen LogP contribution < -0.4 is 15.6 Å². The number of ether oxygens (including phenoxy) is 1. The quantitative estimate of drug-likeness (QED) is 0.435. The van der Waals surface area contributed by atoms with Gasteiger partial charge in [-0.05, 0) is 44.0 Å². The van der Waals surface area contributed by atoms with Gasteiger partial charge in [0.2, 0.25) is 5.91 Å². The average molecular weight is 415 g/mol. The molecule has 0 aliphatic rings. The zero-order valence-corrected chi connectivity index (χ0v) is 17.9. The number of hydrogen-bond donors (Lipinski definition) is 2. The average Bonchev–Trinajstić information content (AvgIpc) is 3.11. The van der Waals surface area contributed by atoms with E-state index in [2.05, 4.69) is 15.3 Å². The highest BCUT2D eigenvalue weighted by atomic mass is 32.2. The summed E-state index contributed by atoms with van der Waals surface area (Å²) in [5, 5.41) is 3.47. The maximum absolute atomic E-state index is 12.9. The first-order valence-corrected chi connectivity index (χ1v) is 10.6. The van der Waals surface area contributed by atoms with Crippen LogP contribution in [-0.4, -0.2) is 33.3 Å². The maximum atomic E-state index is 12.9. The van der Waals surface area contributed by atoms with E-state index in [-0.39, 0.29) is 23.3 Å². The third kappa shape index (κ3) is 4.82. The molecule has 8 heteroatoms. The Morgan fingerprint density at radius 3 is 2.72 bits per heavy atom. The number of methoxy groups -OCH3 is 1. The highest BCUT2D eigenvalue weighted by Gasteiger charge is 2.18. The number of nitrogens with zero attached hydrogens (tertiary/aromatic N) is 2. The van der Waals surface area contributed by atoms with E-state index in [1.807, 2.05) is 51.1 Å². The monoisotopic (exact) mass is 414 g/mol. The molecular weight excluding hydrogens is 388 g/mol. The fraction of sp³-hybridized carbons (Fsp3) is 0.381. The molecular formula is C21H26N4O3S. The Labute approximate surface area is 173 Å². The van der Waals surface area contributed by atoms with Crippen molar-refractivity contribution in [3.8, 4) is 5.75 Å². The number of hydrogen-bond acceptors (Lipinski definition) is 5. The molecule has 1 unspecified atom stereocenters. The van der Waals surface area contributed by atoms with Crippen molar-refractivity contribution < 1.29 is 9.53 Å². The molecule has 154 valence electrons. The minimum absolute atomic E-state index is 0.00661. The summed E-state index contributed by atoms with van der Waals surface area (Å²) < 4.78 is 6.82. The fourth-order valence-electron chi connectivity index (χ4n) is 2.99. The smallest absolute Gasteiger partial charge is 0.278 e. The van der Waals surface area contributed by atoms with Crippen LogP contribution >= 0.6 is 11.8 Å². The molecule has 0 aliphatic carbocycles. The molecule has 7 nitrogen and oxygen atoms in total. The van der Waals surface area contributed by atoms with E-state index in [9.17, 15) is 9.59 Å². The molecule has 0 saturated heterocycles. The predicted octanol–water partition coefficient (Wildman–Crippen LogP) is 3.42. The van der Waals surface area contributed by atoms with E-state index in [1.165, 1.54) is 11.8 Å². The van der Waals surface area contributed by atoms with Crippen molar-refractivity contribution in [1.29, 1.82) is 0 Å². The summed E-state index contributed by atoms with van der Waals surface area (Å²) in [6.45, 7) is 6.34. The second-order valence-corrected chi connectivity index (χ2v) is 7.90. The molecule has 0 aliphatic heterocycles. The molecule has 0 fully saturated rings. The first kappa shape index (κ1) is 21.0. The van der Waals surface area contributed by atoms with E-state index in [4.69, 9.17) is 4.74 Å². The summed E-state index contributed by atoms with van der Waals surface area (Å²) in [4.78, 5) is 33.0. The van der Waals surface area contributed by atoms with Gasteiger partial charge in [-0.3, -0.25) is 14.2 Å². The Morgan fingerprint density at radius 1 is 1.34 bits per heavy atom. The van der Waals surface area contributed by atoms with Crippen molar-refractivity contribution in [3.05, 3.63) is 51.9 Å². The lowest BCUT2D eigenvalue weighted by Crippen LogP contribution is -2.28. The minimum atomic E-state index is -0.110. The minimum Gasteiger partial charge on any atom is -0.497 e. The zero-order chi connectivity index (χ0) is 21.0. The first-order chi connectivity index (χ1) is 13.9. The molecule has 1 aromatic carbocycles. The van der Waals surface area contributed by atoms with E-state index in [0.717, 1.165) is 23.4 Å². The molecule has 1 amide bonds. The van der Waals surface area contributed by atoms with Crippen molar-refractivity contribution in [3.63, 3.8) is 0 Å². The van der Waals surface area contributed by atoms with E-state index in [1.54, 1.807) is 11.7 Å². The molecule has 3 aromatic rings. The summed E-state index contributed by atoms with van der Waals surface area (Å²) in [6.07, 6.45) is 0.796. The highest BCUT2D eigenvalue weighted by Crippen LogP contribution is 2.22. The van der Waals surface area contributed by atoms with Gasteiger partial charge < -0.3 is 15.0 Å². The number of H-pyrrole nitrogens is 1. The molecule has 3 rings (SSSR count). The van der Waals surface area contributed by atoms with Crippen molar-refractivity contribution >= 4 is 28.7 Å². The summed E-state index contributed by atoms with van der Waals surface area (Å²) in [7, 11) is 1.62. The normalized spacial score (nSPS) is 12.1. The number of aromatic nitrogens is 3. The van der Waals surface area contributed by atoms with Gasteiger partial charge in [0, 0.05) is 18.3 Å². The summed E-state index contributed by atoms with van der Waals surface area (Å²) in [5.74, 6) is 0.856. The molecule has 1 atom stereocenters. The largest absolute Gasteiger partial charge is 0.497 e. The van der Waals surface area contributed by atoms with Gasteiger partial charge in [-0.15, -0.1) is 0 Å². The zero-order valence-electron chi connectivity index (χ0n) is 17.1. The van der Waals surface area contributed by atoms with E-state index < -0.39 is 0 Å². The maximum Gasteiger partial charge on any atom is 0.278 e. The first-order valence-electron chi connectivity index (χ1n) is 9.57. The third-order valence-electron chi connectivity index (χ3n) is 4.80. The molecule has 2 aromatic heterocycles. The van der Waals surface area contributed by atoms with Gasteiger partial charge in [-0.2, -0.15) is 0 Å². The number of aromatic amines is 1. The van der Waals surface area contributed by atoms with Gasteiger partial charge in [0.05, 0.1) is 18.4 Å². The van der Waals surface area contributed by atoms with Crippen LogP contribution in [0.25, 0.3) is 11.0 Å². The number of carbonyl (C=O) groups is 1. The van der Waals surface area contributed by atoms with Gasteiger partial charge in [-0.1, -0.05) is 30.8 Å². The lowest BCUT2D eigenvalue weighted by atomic mass is 10.2. The Morgan fingerprint density at radius 2 is 2.07 bits per heavy atom. The Kier molecular flexibility index (Phi) is 6.64. The number of rotatable bonds is 8. The lowest BCUT2D eigenvalue weighted by Gasteiger charge is -2.17. The van der Waals surface area contributed by atoms with Crippen LogP contribution in [0, 0.1) is 6.92 Å². The number of fused-ring (bicyclic) bond motifs is 1. The summed E-state index contributed by atoms with van der Waals surface area (Å²) in [5.41, 5.74) is 2.92. The molecule has 0 saturated carbocycles. The topological polar surface area (TPSA) is 89.0 Å². The van der Waals surface area contributed by atoms with Crippen LogP contribution in [0.2, 0.25) is 0 Å². The molecule has 0 spiro atoms. The Balaban J connectivity index is 1.71. The molecule has 29 heavy (non-hydrogen) atoms. The number of nitrogens with one attached hydrogen (secondary N) is 2. The molecule has 0 bridgehead atoms. The Bertz CT molecular complexity index is 1060. The van der Waals surface area contributed by atoms with Crippen LogP contribution in [-0.2, 0) is 11.3 Å². The number of amides is 1. The Hall–Kier alpha value is -2.74. The second-order valence-electron chi connectivity index (χ2n) is 6.95. The number of aryl methyl sites for hydroxylation is 1. The van der Waals surface area contributed by atoms with Crippen LogP contribution in [0.1, 0.15) is 37.6 Å². The van der Waals surface area contributed by atoms with Crippen molar-refractivity contribution in [1.82, 2.24) is 19.9 Å². The molecule has 0 radical (unpaired) electrons. The number of benzene rings is 1. The SMILES string of the molecule is CCC(C)n1c(SCC(=O)NCc2ccc(OC)cc2)nc2cc(C)[nH]c2c1=O. The van der Waals surface area contributed by atoms with Gasteiger partial charge in [0.1, 0.15) is 11.3 Å². The highest BCUT2D eigenvalue weighted by molar-refractivity contribution is 7.99. The third-order valence-corrected chi connectivity index (χ3v) is 5.75. The number of thioether (sulfide) groups is 1. The van der Waals surface area contributed by atoms with E-state index >= 15 is 0 Å². The van der Waals surface area contributed by atoms with E-state index in [0.29, 0.717) is 22.7 Å². The van der Waals surface area contributed by atoms with Gasteiger partial charge in [0.25, 0.3) is 5.56 Å². The van der Waals surface area contributed by atoms with Crippen LogP contribution in [0.5, 0.6) is 5.75 Å². The second kappa shape index (κ2) is 9.17. The van der Waals surface area contributed by atoms with Crippen LogP contribution in [0.4, 0.5) is 0 Å². The standard InChI is InChI=1S/C21H26N4O3S/c1-5-14(3)25-20(27)19-17(10-13(2)23-19)24-21(25)29-12-18(26)22-11-15-6-8-16(28-4)9-7-15/h6-10,14,23H,5,11-12H2,1-4H3,(H,22,26). The predicted molar refractivity (Wildman–Crippen MR) is 116 cm³/mol. The van der Waals surface area contributed by atoms with Gasteiger partial charge >= 0.3 is 0 Å². The van der Waals surface area contributed by atoms with Crippen LogP contribution in [0.3, 0.4) is 0 Å². The number of carbonyl (C=O) groups excluding carboxylic acids is 1.